The lowest BCUT2D eigenvalue weighted by Crippen LogP contribution is -2.09. The number of H-pyrrole nitrogens is 1. The number of rotatable bonds is 2. The monoisotopic (exact) mass is 225 g/mol. The Morgan fingerprint density at radius 1 is 1.12 bits per heavy atom. The van der Waals surface area contributed by atoms with Crippen LogP contribution in [0.4, 0.5) is 5.82 Å². The van der Waals surface area contributed by atoms with Crippen LogP contribution in [0.3, 0.4) is 0 Å². The zero-order valence-electron chi connectivity index (χ0n) is 9.01. The molecule has 0 aliphatic rings. The molecule has 0 radical (unpaired) electrons. The van der Waals surface area contributed by atoms with Gasteiger partial charge in [-0.15, -0.1) is 0 Å². The van der Waals surface area contributed by atoms with Crippen molar-refractivity contribution in [3.63, 3.8) is 0 Å². The Kier molecular flexibility index (Phi) is 2.23. The first kappa shape index (κ1) is 9.80. The average Bonchev–Trinajstić information content (AvgIpc) is 2.83. The van der Waals surface area contributed by atoms with Crippen molar-refractivity contribution in [3.8, 4) is 11.1 Å². The summed E-state index contributed by atoms with van der Waals surface area (Å²) >= 11 is 0. The molecule has 0 spiro atoms. The molecular formula is C12H11N5. The summed E-state index contributed by atoms with van der Waals surface area (Å²) in [6.45, 7) is 0. The van der Waals surface area contributed by atoms with Crippen molar-refractivity contribution in [1.29, 1.82) is 0 Å². The summed E-state index contributed by atoms with van der Waals surface area (Å²) in [5.41, 5.74) is 6.38. The summed E-state index contributed by atoms with van der Waals surface area (Å²) in [4.78, 5) is 11.5. The third-order valence-electron chi connectivity index (χ3n) is 2.68. The van der Waals surface area contributed by atoms with E-state index in [0.29, 0.717) is 5.82 Å². The number of hydrogen-bond acceptors (Lipinski definition) is 4. The van der Waals surface area contributed by atoms with Crippen molar-refractivity contribution >= 4 is 16.9 Å². The van der Waals surface area contributed by atoms with Crippen LogP contribution in [0, 0.1) is 0 Å². The van der Waals surface area contributed by atoms with E-state index in [1.165, 1.54) is 6.33 Å². The molecule has 0 fully saturated rings. The van der Waals surface area contributed by atoms with Gasteiger partial charge < -0.3 is 10.4 Å². The van der Waals surface area contributed by atoms with Gasteiger partial charge in [0.25, 0.3) is 0 Å². The van der Waals surface area contributed by atoms with E-state index in [4.69, 9.17) is 5.84 Å². The second kappa shape index (κ2) is 3.88. The van der Waals surface area contributed by atoms with E-state index < -0.39 is 0 Å². The first-order chi connectivity index (χ1) is 8.40. The molecule has 2 heterocycles. The molecule has 17 heavy (non-hydrogen) atoms. The number of aromatic nitrogens is 3. The number of nitrogens with one attached hydrogen (secondary N) is 2. The lowest BCUT2D eigenvalue weighted by molar-refractivity contribution is 1.17. The van der Waals surface area contributed by atoms with Gasteiger partial charge in [-0.3, -0.25) is 0 Å². The van der Waals surface area contributed by atoms with Crippen molar-refractivity contribution in [2.45, 2.75) is 0 Å². The zero-order valence-corrected chi connectivity index (χ0v) is 9.01. The Morgan fingerprint density at radius 3 is 2.71 bits per heavy atom. The fraction of sp³-hybridized carbons (Fsp3) is 0. The number of nitrogen functional groups attached to an aromatic ring is 1. The van der Waals surface area contributed by atoms with Gasteiger partial charge in [0.05, 0.1) is 0 Å². The first-order valence-corrected chi connectivity index (χ1v) is 5.24. The second-order valence-electron chi connectivity index (χ2n) is 3.66. The molecule has 84 valence electrons. The molecule has 0 saturated heterocycles. The summed E-state index contributed by atoms with van der Waals surface area (Å²) in [5.74, 6) is 6.00. The third-order valence-corrected chi connectivity index (χ3v) is 2.68. The van der Waals surface area contributed by atoms with E-state index in [1.807, 2.05) is 36.5 Å². The van der Waals surface area contributed by atoms with Gasteiger partial charge in [0.15, 0.2) is 5.82 Å². The van der Waals surface area contributed by atoms with E-state index >= 15 is 0 Å². The quantitative estimate of drug-likeness (QED) is 0.459. The average molecular weight is 225 g/mol. The summed E-state index contributed by atoms with van der Waals surface area (Å²) in [6, 6.07) is 10.1. The molecular weight excluding hydrogens is 214 g/mol. The fourth-order valence-electron chi connectivity index (χ4n) is 1.89. The Bertz CT molecular complexity index is 644. The van der Waals surface area contributed by atoms with Gasteiger partial charge in [-0.1, -0.05) is 30.3 Å². The van der Waals surface area contributed by atoms with Crippen molar-refractivity contribution in [3.05, 3.63) is 42.9 Å². The van der Waals surface area contributed by atoms with Crippen LogP contribution in [0.2, 0.25) is 0 Å². The number of aromatic amines is 1. The maximum Gasteiger partial charge on any atom is 0.167 e. The molecule has 3 rings (SSSR count). The lowest BCUT2D eigenvalue weighted by atomic mass is 10.1. The van der Waals surface area contributed by atoms with Crippen LogP contribution in [0.5, 0.6) is 0 Å². The van der Waals surface area contributed by atoms with Crippen molar-refractivity contribution in [2.24, 2.45) is 5.84 Å². The summed E-state index contributed by atoms with van der Waals surface area (Å²) in [7, 11) is 0. The molecule has 0 aliphatic carbocycles. The van der Waals surface area contributed by atoms with Crippen LogP contribution in [0.1, 0.15) is 0 Å². The molecule has 0 saturated carbocycles. The molecule has 1 aromatic carbocycles. The Labute approximate surface area is 97.7 Å². The van der Waals surface area contributed by atoms with Crippen LogP contribution in [0.25, 0.3) is 22.2 Å². The van der Waals surface area contributed by atoms with Gasteiger partial charge >= 0.3 is 0 Å². The van der Waals surface area contributed by atoms with Crippen LogP contribution >= 0.6 is 0 Å². The van der Waals surface area contributed by atoms with Crippen molar-refractivity contribution < 1.29 is 0 Å². The van der Waals surface area contributed by atoms with Crippen LogP contribution in [-0.4, -0.2) is 15.0 Å². The number of anilines is 1. The predicted octanol–water partition coefficient (Wildman–Crippen LogP) is 1.91. The maximum absolute atomic E-state index is 5.40. The van der Waals surface area contributed by atoms with Gasteiger partial charge in [-0.25, -0.2) is 15.8 Å². The number of nitrogens with zero attached hydrogens (tertiary/aromatic N) is 2. The Morgan fingerprint density at radius 2 is 1.94 bits per heavy atom. The van der Waals surface area contributed by atoms with E-state index in [9.17, 15) is 0 Å². The van der Waals surface area contributed by atoms with Crippen LogP contribution < -0.4 is 11.3 Å². The number of nitrogens with two attached hydrogens (primary N) is 1. The number of fused-ring (bicyclic) bond motifs is 1. The minimum atomic E-state index is 0.595. The van der Waals surface area contributed by atoms with Crippen molar-refractivity contribution in [2.75, 3.05) is 5.43 Å². The zero-order chi connectivity index (χ0) is 11.7. The van der Waals surface area contributed by atoms with Gasteiger partial charge in [-0.2, -0.15) is 0 Å². The minimum absolute atomic E-state index is 0.595. The molecule has 2 aromatic heterocycles. The molecule has 5 nitrogen and oxygen atoms in total. The first-order valence-electron chi connectivity index (χ1n) is 5.24. The highest BCUT2D eigenvalue weighted by molar-refractivity contribution is 5.97. The topological polar surface area (TPSA) is 79.6 Å². The SMILES string of the molecule is NNc1ncnc2c(-c3ccccc3)c[nH]c12. The predicted molar refractivity (Wildman–Crippen MR) is 67.1 cm³/mol. The van der Waals surface area contributed by atoms with Crippen LogP contribution in [-0.2, 0) is 0 Å². The molecule has 5 heteroatoms. The lowest BCUT2D eigenvalue weighted by Gasteiger charge is -2.00. The van der Waals surface area contributed by atoms with Gasteiger partial charge in [0, 0.05) is 11.8 Å². The summed E-state index contributed by atoms with van der Waals surface area (Å²) < 4.78 is 0. The largest absolute Gasteiger partial charge is 0.356 e. The molecule has 0 aliphatic heterocycles. The molecule has 3 aromatic rings. The number of benzene rings is 1. The normalized spacial score (nSPS) is 10.6. The Balaban J connectivity index is 2.26. The highest BCUT2D eigenvalue weighted by atomic mass is 15.3. The highest BCUT2D eigenvalue weighted by Crippen LogP contribution is 2.28. The summed E-state index contributed by atoms with van der Waals surface area (Å²) in [5, 5.41) is 0. The van der Waals surface area contributed by atoms with E-state index in [1.54, 1.807) is 0 Å². The molecule has 0 amide bonds. The highest BCUT2D eigenvalue weighted by Gasteiger charge is 2.10. The fourth-order valence-corrected chi connectivity index (χ4v) is 1.89. The second-order valence-corrected chi connectivity index (χ2v) is 3.66. The van der Waals surface area contributed by atoms with E-state index in [2.05, 4.69) is 20.4 Å². The minimum Gasteiger partial charge on any atom is -0.356 e. The maximum atomic E-state index is 5.40. The molecule has 4 N–H and O–H groups in total. The molecule has 0 atom stereocenters. The number of hydrazine groups is 1. The Hall–Kier alpha value is -2.40. The number of hydrogen-bond donors (Lipinski definition) is 3. The third kappa shape index (κ3) is 1.53. The molecule has 0 unspecified atom stereocenters. The van der Waals surface area contributed by atoms with E-state index in [0.717, 1.165) is 22.2 Å². The smallest absolute Gasteiger partial charge is 0.167 e. The van der Waals surface area contributed by atoms with Gasteiger partial charge in [0.1, 0.15) is 17.4 Å². The van der Waals surface area contributed by atoms with Crippen molar-refractivity contribution in [1.82, 2.24) is 15.0 Å². The van der Waals surface area contributed by atoms with Crippen LogP contribution in [0.15, 0.2) is 42.9 Å². The van der Waals surface area contributed by atoms with Gasteiger partial charge in [0.2, 0.25) is 0 Å². The summed E-state index contributed by atoms with van der Waals surface area (Å²) in [6.07, 6.45) is 3.41. The standard InChI is InChI=1S/C12H11N5/c13-17-12-11-10(15-7-16-12)9(6-14-11)8-4-2-1-3-5-8/h1-7,14H,13H2,(H,15,16,17). The molecule has 0 bridgehead atoms. The van der Waals surface area contributed by atoms with Gasteiger partial charge in [-0.05, 0) is 5.56 Å². The van der Waals surface area contributed by atoms with E-state index in [-0.39, 0.29) is 0 Å².